The van der Waals surface area contributed by atoms with E-state index in [0.29, 0.717) is 19.0 Å². The second kappa shape index (κ2) is 8.97. The van der Waals surface area contributed by atoms with Crippen LogP contribution in [0.4, 0.5) is 0 Å². The topological polar surface area (TPSA) is 61.4 Å². The fourth-order valence-electron chi connectivity index (χ4n) is 2.41. The van der Waals surface area contributed by atoms with Crippen LogP contribution in [0.1, 0.15) is 52.9 Å². The summed E-state index contributed by atoms with van der Waals surface area (Å²) in [6.07, 6.45) is 5.11. The van der Waals surface area contributed by atoms with Gasteiger partial charge in [0, 0.05) is 25.7 Å². The average molecular weight is 305 g/mol. The van der Waals surface area contributed by atoms with Crippen molar-refractivity contribution in [2.75, 3.05) is 26.2 Å². The Balaban J connectivity index is 2.58. The molecule has 6 heteroatoms. The lowest BCUT2D eigenvalue weighted by atomic mass is 10.1. The van der Waals surface area contributed by atoms with Gasteiger partial charge in [-0.2, -0.15) is 12.7 Å². The summed E-state index contributed by atoms with van der Waals surface area (Å²) in [5.74, 6) is 0.381. The summed E-state index contributed by atoms with van der Waals surface area (Å²) in [7, 11) is -3.33. The van der Waals surface area contributed by atoms with Gasteiger partial charge in [0.25, 0.3) is 10.2 Å². The molecule has 2 unspecified atom stereocenters. The molecule has 0 bridgehead atoms. The van der Waals surface area contributed by atoms with Crippen LogP contribution in [0.15, 0.2) is 0 Å². The van der Waals surface area contributed by atoms with Gasteiger partial charge in [0.15, 0.2) is 0 Å². The minimum absolute atomic E-state index is 0.102. The third kappa shape index (κ3) is 5.68. The van der Waals surface area contributed by atoms with Crippen LogP contribution >= 0.6 is 0 Å². The third-order valence-corrected chi connectivity index (χ3v) is 5.63. The van der Waals surface area contributed by atoms with E-state index in [1.54, 1.807) is 4.31 Å². The molecule has 0 saturated carbocycles. The van der Waals surface area contributed by atoms with Crippen LogP contribution in [0.5, 0.6) is 0 Å². The second-order valence-electron chi connectivity index (χ2n) is 5.83. The number of hydrogen-bond acceptors (Lipinski definition) is 3. The van der Waals surface area contributed by atoms with Crippen molar-refractivity contribution >= 4 is 10.2 Å². The van der Waals surface area contributed by atoms with E-state index in [1.165, 1.54) is 0 Å². The van der Waals surface area contributed by atoms with Gasteiger partial charge in [0.2, 0.25) is 0 Å². The van der Waals surface area contributed by atoms with E-state index in [2.05, 4.69) is 30.8 Å². The Morgan fingerprint density at radius 1 is 1.30 bits per heavy atom. The standard InChI is InChI=1S/C14H31N3O2S/c1-4-9-15-12-14-8-6-7-10-17(14)20(18,19)16-11-13(3)5-2/h13-16H,4-12H2,1-3H3. The van der Waals surface area contributed by atoms with Gasteiger partial charge in [0.1, 0.15) is 0 Å². The highest BCUT2D eigenvalue weighted by Crippen LogP contribution is 2.19. The summed E-state index contributed by atoms with van der Waals surface area (Å²) in [6, 6.07) is 0.102. The van der Waals surface area contributed by atoms with Gasteiger partial charge in [-0.15, -0.1) is 0 Å². The molecule has 1 rings (SSSR count). The molecule has 1 saturated heterocycles. The zero-order valence-electron chi connectivity index (χ0n) is 13.2. The summed E-state index contributed by atoms with van der Waals surface area (Å²) >= 11 is 0. The van der Waals surface area contributed by atoms with Gasteiger partial charge >= 0.3 is 0 Å². The molecule has 0 aromatic rings. The maximum Gasteiger partial charge on any atom is 0.279 e. The summed E-state index contributed by atoms with van der Waals surface area (Å²) < 4.78 is 29.3. The molecule has 1 fully saturated rings. The van der Waals surface area contributed by atoms with E-state index in [-0.39, 0.29) is 6.04 Å². The molecule has 1 heterocycles. The SMILES string of the molecule is CCCNCC1CCCCN1S(=O)(=O)NCC(C)CC. The van der Waals surface area contributed by atoms with Crippen LogP contribution in [0, 0.1) is 5.92 Å². The highest BCUT2D eigenvalue weighted by atomic mass is 32.2. The monoisotopic (exact) mass is 305 g/mol. The van der Waals surface area contributed by atoms with Gasteiger partial charge in [-0.1, -0.05) is 33.6 Å². The zero-order chi connectivity index (χ0) is 15.0. The van der Waals surface area contributed by atoms with E-state index >= 15 is 0 Å². The number of nitrogens with one attached hydrogen (secondary N) is 2. The van der Waals surface area contributed by atoms with Crippen molar-refractivity contribution in [3.63, 3.8) is 0 Å². The predicted octanol–water partition coefficient (Wildman–Crippen LogP) is 1.72. The maximum atomic E-state index is 12.4. The number of piperidine rings is 1. The first-order valence-corrected chi connectivity index (χ1v) is 9.42. The van der Waals surface area contributed by atoms with Crippen LogP contribution in [0.2, 0.25) is 0 Å². The van der Waals surface area contributed by atoms with E-state index in [9.17, 15) is 8.42 Å². The van der Waals surface area contributed by atoms with Crippen LogP contribution in [0.3, 0.4) is 0 Å². The summed E-state index contributed by atoms with van der Waals surface area (Å²) in [6.45, 7) is 9.16. The highest BCUT2D eigenvalue weighted by molar-refractivity contribution is 7.87. The van der Waals surface area contributed by atoms with E-state index in [0.717, 1.165) is 45.2 Å². The van der Waals surface area contributed by atoms with Crippen LogP contribution in [-0.4, -0.2) is 44.9 Å². The minimum Gasteiger partial charge on any atom is -0.315 e. The Morgan fingerprint density at radius 3 is 2.70 bits per heavy atom. The predicted molar refractivity (Wildman–Crippen MR) is 83.9 cm³/mol. The number of rotatable bonds is 9. The van der Waals surface area contributed by atoms with Gasteiger partial charge < -0.3 is 5.32 Å². The molecule has 20 heavy (non-hydrogen) atoms. The molecule has 0 aromatic heterocycles. The Bertz CT molecular complexity index is 359. The molecule has 2 atom stereocenters. The van der Waals surface area contributed by atoms with Crippen molar-refractivity contribution in [3.8, 4) is 0 Å². The first-order chi connectivity index (χ1) is 9.51. The first-order valence-electron chi connectivity index (χ1n) is 7.98. The van der Waals surface area contributed by atoms with Crippen molar-refractivity contribution in [2.45, 2.75) is 58.9 Å². The highest BCUT2D eigenvalue weighted by Gasteiger charge is 2.31. The smallest absolute Gasteiger partial charge is 0.279 e. The largest absolute Gasteiger partial charge is 0.315 e. The molecule has 1 aliphatic heterocycles. The van der Waals surface area contributed by atoms with Gasteiger partial charge in [0.05, 0.1) is 0 Å². The Labute approximate surface area is 124 Å². The molecule has 0 amide bonds. The molecule has 0 radical (unpaired) electrons. The molecule has 2 N–H and O–H groups in total. The van der Waals surface area contributed by atoms with Crippen molar-refractivity contribution in [3.05, 3.63) is 0 Å². The minimum atomic E-state index is -3.33. The summed E-state index contributed by atoms with van der Waals surface area (Å²) in [4.78, 5) is 0. The van der Waals surface area contributed by atoms with Crippen molar-refractivity contribution < 1.29 is 8.42 Å². The van der Waals surface area contributed by atoms with Crippen LogP contribution in [0.25, 0.3) is 0 Å². The van der Waals surface area contributed by atoms with Gasteiger partial charge in [-0.25, -0.2) is 4.72 Å². The lowest BCUT2D eigenvalue weighted by Crippen LogP contribution is -2.52. The second-order valence-corrected chi connectivity index (χ2v) is 7.54. The fourth-order valence-corrected chi connectivity index (χ4v) is 4.02. The molecular formula is C14H31N3O2S. The summed E-state index contributed by atoms with van der Waals surface area (Å²) in [5.41, 5.74) is 0. The van der Waals surface area contributed by atoms with Gasteiger partial charge in [-0.3, -0.25) is 0 Å². The number of hydrogen-bond donors (Lipinski definition) is 2. The zero-order valence-corrected chi connectivity index (χ0v) is 14.0. The lowest BCUT2D eigenvalue weighted by Gasteiger charge is -2.35. The van der Waals surface area contributed by atoms with Crippen LogP contribution < -0.4 is 10.0 Å². The van der Waals surface area contributed by atoms with Gasteiger partial charge in [-0.05, 0) is 31.7 Å². The maximum absolute atomic E-state index is 12.4. The van der Waals surface area contributed by atoms with Crippen molar-refractivity contribution in [2.24, 2.45) is 5.92 Å². The molecule has 0 spiro atoms. The van der Waals surface area contributed by atoms with E-state index < -0.39 is 10.2 Å². The molecule has 5 nitrogen and oxygen atoms in total. The summed E-state index contributed by atoms with van der Waals surface area (Å²) in [5, 5.41) is 3.35. The Morgan fingerprint density at radius 2 is 2.05 bits per heavy atom. The molecule has 0 aromatic carbocycles. The quantitative estimate of drug-likeness (QED) is 0.638. The normalized spacial score (nSPS) is 22.9. The molecule has 0 aliphatic carbocycles. The van der Waals surface area contributed by atoms with Crippen molar-refractivity contribution in [1.82, 2.24) is 14.3 Å². The molecule has 1 aliphatic rings. The first kappa shape index (κ1) is 17.9. The number of nitrogens with zero attached hydrogens (tertiary/aromatic N) is 1. The fraction of sp³-hybridized carbons (Fsp3) is 1.00. The van der Waals surface area contributed by atoms with E-state index in [4.69, 9.17) is 0 Å². The molecule has 120 valence electrons. The Hall–Kier alpha value is -0.170. The third-order valence-electron chi connectivity index (χ3n) is 4.00. The average Bonchev–Trinajstić information content (AvgIpc) is 2.45. The lowest BCUT2D eigenvalue weighted by molar-refractivity contribution is 0.242. The van der Waals surface area contributed by atoms with Crippen molar-refractivity contribution in [1.29, 1.82) is 0 Å². The van der Waals surface area contributed by atoms with E-state index in [1.807, 2.05) is 0 Å². The Kier molecular flexibility index (Phi) is 8.02. The van der Waals surface area contributed by atoms with Crippen LogP contribution in [-0.2, 0) is 10.2 Å². The molecular weight excluding hydrogens is 274 g/mol.